The third-order valence-corrected chi connectivity index (χ3v) is 5.70. The van der Waals surface area contributed by atoms with Gasteiger partial charge in [-0.3, -0.25) is 19.5 Å². The second-order valence-corrected chi connectivity index (χ2v) is 8.29. The molecule has 0 radical (unpaired) electrons. The Kier molecular flexibility index (Phi) is 10.2. The molecule has 3 aliphatic heterocycles. The van der Waals surface area contributed by atoms with E-state index in [0.717, 1.165) is 44.6 Å². The quantitative estimate of drug-likeness (QED) is 0.551. The Labute approximate surface area is 206 Å². The number of pyridine rings is 1. The third-order valence-electron chi connectivity index (χ3n) is 5.70. The first-order valence-corrected chi connectivity index (χ1v) is 11.0. The predicted octanol–water partition coefficient (Wildman–Crippen LogP) is 2.49. The van der Waals surface area contributed by atoms with E-state index in [4.69, 9.17) is 29.4 Å². The van der Waals surface area contributed by atoms with Gasteiger partial charge >= 0.3 is 24.3 Å². The molecule has 37 heavy (non-hydrogen) atoms. The lowest BCUT2D eigenvalue weighted by atomic mass is 9.75. The van der Waals surface area contributed by atoms with Gasteiger partial charge in [0.15, 0.2) is 0 Å². The third kappa shape index (κ3) is 8.53. The number of hydrogen-bond acceptors (Lipinski definition) is 7. The van der Waals surface area contributed by atoms with Crippen LogP contribution in [0.3, 0.4) is 0 Å². The summed E-state index contributed by atoms with van der Waals surface area (Å²) in [6.07, 6.45) is -5.72. The minimum Gasteiger partial charge on any atom is -0.475 e. The molecule has 4 rings (SSSR count). The van der Waals surface area contributed by atoms with Crippen LogP contribution in [0.4, 0.5) is 26.3 Å². The highest BCUT2D eigenvalue weighted by molar-refractivity contribution is 5.83. The van der Waals surface area contributed by atoms with Gasteiger partial charge in [-0.25, -0.2) is 14.7 Å². The van der Waals surface area contributed by atoms with Crippen LogP contribution >= 0.6 is 0 Å². The molecule has 2 atom stereocenters. The number of aliphatic carboxylic acids is 2. The van der Waals surface area contributed by atoms with Gasteiger partial charge in [0, 0.05) is 32.4 Å². The number of hydrogen-bond donors (Lipinski definition) is 2. The standard InChI is InChI=1S/C17H23N3O3.2C2HF3O2/c21-16(20-8-3-10-23-20)17-6-11-22-15(17)5-9-19(13-17)12-14-4-1-2-7-18-14;2*3-2(4,5)1(6)7/h1-2,4,7,15H,3,5-6,8-13H2;2*(H,6,7)/t15-,17-;;/m1../s1. The molecule has 3 saturated heterocycles. The zero-order valence-electron chi connectivity index (χ0n) is 19.3. The van der Waals surface area contributed by atoms with E-state index in [1.165, 1.54) is 0 Å². The molecule has 0 spiro atoms. The second kappa shape index (κ2) is 12.5. The van der Waals surface area contributed by atoms with E-state index in [1.807, 2.05) is 24.4 Å². The van der Waals surface area contributed by atoms with Crippen molar-refractivity contribution < 1.29 is 60.5 Å². The van der Waals surface area contributed by atoms with Gasteiger partial charge in [0.25, 0.3) is 5.91 Å². The molecular formula is C21H25F6N3O7. The van der Waals surface area contributed by atoms with Crippen LogP contribution in [0.5, 0.6) is 0 Å². The van der Waals surface area contributed by atoms with Crippen LogP contribution in [0.15, 0.2) is 24.4 Å². The van der Waals surface area contributed by atoms with E-state index in [0.29, 0.717) is 19.8 Å². The summed E-state index contributed by atoms with van der Waals surface area (Å²) in [5.41, 5.74) is 0.599. The molecule has 16 heteroatoms. The number of alkyl halides is 6. The number of nitrogens with zero attached hydrogens (tertiary/aromatic N) is 3. The van der Waals surface area contributed by atoms with Gasteiger partial charge in [-0.05, 0) is 31.4 Å². The zero-order chi connectivity index (χ0) is 27.9. The Balaban J connectivity index is 0.000000286. The van der Waals surface area contributed by atoms with Gasteiger partial charge < -0.3 is 14.9 Å². The maximum atomic E-state index is 13.1. The lowest BCUT2D eigenvalue weighted by molar-refractivity contribution is -0.193. The van der Waals surface area contributed by atoms with Crippen molar-refractivity contribution in [3.05, 3.63) is 30.1 Å². The predicted molar refractivity (Wildman–Crippen MR) is 111 cm³/mol. The van der Waals surface area contributed by atoms with Crippen LogP contribution in [0, 0.1) is 5.41 Å². The maximum Gasteiger partial charge on any atom is 0.490 e. The largest absolute Gasteiger partial charge is 0.490 e. The monoisotopic (exact) mass is 545 g/mol. The Morgan fingerprint density at radius 3 is 2.14 bits per heavy atom. The van der Waals surface area contributed by atoms with Crippen molar-refractivity contribution in [1.82, 2.24) is 14.9 Å². The van der Waals surface area contributed by atoms with Gasteiger partial charge in [-0.2, -0.15) is 26.3 Å². The first kappa shape index (κ1) is 30.2. The van der Waals surface area contributed by atoms with Crippen molar-refractivity contribution in [2.24, 2.45) is 5.41 Å². The fourth-order valence-electron chi connectivity index (χ4n) is 4.05. The average molecular weight is 545 g/mol. The average Bonchev–Trinajstić information content (AvgIpc) is 3.49. The van der Waals surface area contributed by atoms with Crippen molar-refractivity contribution in [3.63, 3.8) is 0 Å². The van der Waals surface area contributed by atoms with E-state index >= 15 is 0 Å². The highest BCUT2D eigenvalue weighted by Gasteiger charge is 2.55. The number of carbonyl (C=O) groups excluding carboxylic acids is 1. The summed E-state index contributed by atoms with van der Waals surface area (Å²) in [6, 6.07) is 5.97. The van der Waals surface area contributed by atoms with Crippen molar-refractivity contribution in [1.29, 1.82) is 0 Å². The smallest absolute Gasteiger partial charge is 0.475 e. The molecule has 0 saturated carbocycles. The molecule has 10 nitrogen and oxygen atoms in total. The van der Waals surface area contributed by atoms with E-state index < -0.39 is 29.7 Å². The Morgan fingerprint density at radius 2 is 1.65 bits per heavy atom. The van der Waals surface area contributed by atoms with Crippen LogP contribution in [0.25, 0.3) is 0 Å². The first-order valence-electron chi connectivity index (χ1n) is 11.0. The number of carbonyl (C=O) groups is 3. The molecule has 1 aromatic rings. The number of carboxylic acid groups (broad SMARTS) is 2. The second-order valence-electron chi connectivity index (χ2n) is 8.29. The van der Waals surface area contributed by atoms with Gasteiger partial charge in [0.2, 0.25) is 0 Å². The molecule has 2 N–H and O–H groups in total. The number of fused-ring (bicyclic) bond motifs is 1. The first-order chi connectivity index (χ1) is 17.2. The summed E-state index contributed by atoms with van der Waals surface area (Å²) in [6.45, 7) is 4.47. The highest BCUT2D eigenvalue weighted by Crippen LogP contribution is 2.43. The Hall–Kier alpha value is -2.98. The molecule has 0 aromatic carbocycles. The number of amides is 1. The van der Waals surface area contributed by atoms with E-state index in [9.17, 15) is 31.1 Å². The van der Waals surface area contributed by atoms with Crippen molar-refractivity contribution in [2.75, 3.05) is 32.8 Å². The Morgan fingerprint density at radius 1 is 1.03 bits per heavy atom. The van der Waals surface area contributed by atoms with Crippen molar-refractivity contribution in [2.45, 2.75) is 44.3 Å². The fraction of sp³-hybridized carbons (Fsp3) is 0.619. The number of piperidine rings is 1. The molecule has 0 bridgehead atoms. The van der Waals surface area contributed by atoms with E-state index in [2.05, 4.69) is 9.88 Å². The topological polar surface area (TPSA) is 130 Å². The SMILES string of the molecule is O=C(N1CCCO1)[C@@]12CCO[C@@H]1CCN(Cc1ccccn1)C2.O=C(O)C(F)(F)F.O=C(O)C(F)(F)F. The number of likely N-dealkylation sites (tertiary alicyclic amines) is 1. The van der Waals surface area contributed by atoms with E-state index in [-0.39, 0.29) is 12.0 Å². The number of halogens is 6. The number of rotatable bonds is 3. The molecule has 0 aliphatic carbocycles. The lowest BCUT2D eigenvalue weighted by Crippen LogP contribution is -2.57. The lowest BCUT2D eigenvalue weighted by Gasteiger charge is -2.43. The summed E-state index contributed by atoms with van der Waals surface area (Å²) in [7, 11) is 0. The van der Waals surface area contributed by atoms with Crippen molar-refractivity contribution >= 4 is 17.8 Å². The highest BCUT2D eigenvalue weighted by atomic mass is 19.4. The normalized spacial score (nSPS) is 23.7. The van der Waals surface area contributed by atoms with Crippen molar-refractivity contribution in [3.8, 4) is 0 Å². The molecule has 3 fully saturated rings. The van der Waals surface area contributed by atoms with Gasteiger partial charge in [-0.15, -0.1) is 0 Å². The number of hydroxylamine groups is 2. The summed E-state index contributed by atoms with van der Waals surface area (Å²) >= 11 is 0. The molecule has 0 unspecified atom stereocenters. The van der Waals surface area contributed by atoms with Gasteiger partial charge in [0.05, 0.1) is 30.4 Å². The minimum absolute atomic E-state index is 0.0270. The summed E-state index contributed by atoms with van der Waals surface area (Å²) in [5.74, 6) is -5.40. The summed E-state index contributed by atoms with van der Waals surface area (Å²) in [5, 5.41) is 15.8. The molecule has 208 valence electrons. The van der Waals surface area contributed by atoms with Gasteiger partial charge in [-0.1, -0.05) is 6.07 Å². The summed E-state index contributed by atoms with van der Waals surface area (Å²) < 4.78 is 69.4. The van der Waals surface area contributed by atoms with Crippen LogP contribution in [0.1, 0.15) is 25.0 Å². The Bertz CT molecular complexity index is 901. The number of carboxylic acids is 2. The molecule has 1 amide bonds. The minimum atomic E-state index is -5.08. The van der Waals surface area contributed by atoms with E-state index in [1.54, 1.807) is 5.06 Å². The van der Waals surface area contributed by atoms with Crippen LogP contribution in [0.2, 0.25) is 0 Å². The number of aromatic nitrogens is 1. The maximum absolute atomic E-state index is 13.1. The van der Waals surface area contributed by atoms with Crippen LogP contribution in [-0.4, -0.2) is 94.3 Å². The van der Waals surface area contributed by atoms with Gasteiger partial charge in [0.1, 0.15) is 0 Å². The zero-order valence-corrected chi connectivity index (χ0v) is 19.3. The fourth-order valence-corrected chi connectivity index (χ4v) is 4.05. The number of ether oxygens (including phenoxy) is 1. The molecule has 4 heterocycles. The molecule has 1 aromatic heterocycles. The molecule has 3 aliphatic rings. The summed E-state index contributed by atoms with van der Waals surface area (Å²) in [4.78, 5) is 43.1. The van der Waals surface area contributed by atoms with Crippen LogP contribution < -0.4 is 0 Å². The van der Waals surface area contributed by atoms with Crippen LogP contribution in [-0.2, 0) is 30.5 Å². The molecular weight excluding hydrogens is 520 g/mol.